The molecular formula is C34H65N5O14. The van der Waals surface area contributed by atoms with Crippen LogP contribution in [-0.4, -0.2) is 166 Å². The molecule has 0 fully saturated rings. The molecule has 0 aliphatic rings. The summed E-state index contributed by atoms with van der Waals surface area (Å²) in [5.41, 5.74) is 10.9. The Morgan fingerprint density at radius 2 is 0.962 bits per heavy atom. The van der Waals surface area contributed by atoms with Crippen LogP contribution in [0.4, 0.5) is 0 Å². The Balaban J connectivity index is 3.92. The summed E-state index contributed by atoms with van der Waals surface area (Å²) in [7, 11) is 1.63. The number of amides is 4. The summed E-state index contributed by atoms with van der Waals surface area (Å²) in [4.78, 5) is 59.5. The quantitative estimate of drug-likeness (QED) is 0.0403. The van der Waals surface area contributed by atoms with Crippen molar-refractivity contribution in [1.29, 1.82) is 0 Å². The molecule has 19 heteroatoms. The maximum atomic E-state index is 12.8. The van der Waals surface area contributed by atoms with Gasteiger partial charge < -0.3 is 70.4 Å². The van der Waals surface area contributed by atoms with Crippen molar-refractivity contribution in [3.63, 3.8) is 0 Å². The fraction of sp³-hybridized carbons (Fsp3) is 0.853. The Bertz CT molecular complexity index is 949. The minimum atomic E-state index is -1.12. The van der Waals surface area contributed by atoms with Crippen LogP contribution in [0.3, 0.4) is 0 Å². The van der Waals surface area contributed by atoms with E-state index in [9.17, 15) is 24.0 Å². The average Bonchev–Trinajstić information content (AvgIpc) is 3.13. The van der Waals surface area contributed by atoms with Gasteiger partial charge >= 0.3 is 5.97 Å². The van der Waals surface area contributed by atoms with Gasteiger partial charge in [0.25, 0.3) is 0 Å². The van der Waals surface area contributed by atoms with Gasteiger partial charge in [0.1, 0.15) is 12.1 Å². The van der Waals surface area contributed by atoms with E-state index in [4.69, 9.17) is 54.5 Å². The van der Waals surface area contributed by atoms with Crippen LogP contribution in [0.2, 0.25) is 0 Å². The van der Waals surface area contributed by atoms with E-state index in [2.05, 4.69) is 16.0 Å². The number of ether oxygens (including phenoxy) is 8. The standard InChI is InChI=1S/C34H65N5O14/c1-46-14-15-48-18-19-50-22-23-52-26-27-53-25-24-51-21-20-49-17-16-47-13-10-31(41)39-29(7-2-4-11-35)34(45)37-12-5-3-6-28(33(36)44)38-30(40)8-9-32(42)43/h28-29H,2-27,35H2,1H3,(H2,36,44)(H,37,45)(H,38,40)(H,39,41)(H,42,43)/t28-,29-/m0/s1. The van der Waals surface area contributed by atoms with Gasteiger partial charge in [-0.25, -0.2) is 0 Å². The first-order valence-electron chi connectivity index (χ1n) is 18.3. The number of nitrogens with one attached hydrogen (secondary N) is 3. The fourth-order valence-corrected chi connectivity index (χ4v) is 4.34. The van der Waals surface area contributed by atoms with Crippen molar-refractivity contribution in [3.8, 4) is 0 Å². The third kappa shape index (κ3) is 34.5. The number of aliphatic carboxylic acids is 1. The topological polar surface area (TPSA) is 268 Å². The van der Waals surface area contributed by atoms with Crippen molar-refractivity contribution in [3.05, 3.63) is 0 Å². The molecule has 0 saturated carbocycles. The zero-order valence-corrected chi connectivity index (χ0v) is 31.4. The van der Waals surface area contributed by atoms with E-state index in [0.717, 1.165) is 0 Å². The highest BCUT2D eigenvalue weighted by Gasteiger charge is 2.21. The highest BCUT2D eigenvalue weighted by molar-refractivity contribution is 5.88. The summed E-state index contributed by atoms with van der Waals surface area (Å²) >= 11 is 0. The van der Waals surface area contributed by atoms with Crippen LogP contribution in [0.15, 0.2) is 0 Å². The number of carboxylic acids is 1. The van der Waals surface area contributed by atoms with Gasteiger partial charge in [0, 0.05) is 26.5 Å². The highest BCUT2D eigenvalue weighted by Crippen LogP contribution is 2.04. The second kappa shape index (κ2) is 37.3. The number of carbonyl (C=O) groups excluding carboxylic acids is 4. The number of methoxy groups -OCH3 is 1. The predicted octanol–water partition coefficient (Wildman–Crippen LogP) is -1.13. The van der Waals surface area contributed by atoms with E-state index in [1.165, 1.54) is 0 Å². The summed E-state index contributed by atoms with van der Waals surface area (Å²) in [6, 6.07) is -1.68. The first-order valence-corrected chi connectivity index (χ1v) is 18.3. The van der Waals surface area contributed by atoms with E-state index in [0.29, 0.717) is 131 Å². The Morgan fingerprint density at radius 1 is 0.547 bits per heavy atom. The van der Waals surface area contributed by atoms with Crippen molar-refractivity contribution >= 4 is 29.6 Å². The zero-order valence-electron chi connectivity index (χ0n) is 31.4. The molecule has 310 valence electrons. The number of rotatable bonds is 40. The number of primary amides is 1. The Labute approximate surface area is 313 Å². The number of carboxylic acid groups (broad SMARTS) is 1. The molecule has 0 aromatic heterocycles. The molecule has 19 nitrogen and oxygen atoms in total. The monoisotopic (exact) mass is 767 g/mol. The molecule has 53 heavy (non-hydrogen) atoms. The molecule has 0 rings (SSSR count). The maximum absolute atomic E-state index is 12.8. The molecule has 0 aliphatic carbocycles. The Morgan fingerprint density at radius 3 is 1.42 bits per heavy atom. The van der Waals surface area contributed by atoms with Gasteiger partial charge in [-0.1, -0.05) is 0 Å². The Kier molecular flexibility index (Phi) is 35.2. The van der Waals surface area contributed by atoms with Crippen LogP contribution >= 0.6 is 0 Å². The van der Waals surface area contributed by atoms with E-state index in [1.54, 1.807) is 7.11 Å². The number of carbonyl (C=O) groups is 5. The molecule has 0 heterocycles. The highest BCUT2D eigenvalue weighted by atomic mass is 16.6. The zero-order chi connectivity index (χ0) is 39.2. The van der Waals surface area contributed by atoms with Crippen molar-refractivity contribution in [2.24, 2.45) is 11.5 Å². The summed E-state index contributed by atoms with van der Waals surface area (Å²) in [6.45, 7) is 7.30. The number of unbranched alkanes of at least 4 members (excludes halogenated alkanes) is 2. The van der Waals surface area contributed by atoms with E-state index >= 15 is 0 Å². The van der Waals surface area contributed by atoms with Crippen molar-refractivity contribution in [2.45, 2.75) is 69.9 Å². The van der Waals surface area contributed by atoms with E-state index < -0.39 is 29.9 Å². The first kappa shape index (κ1) is 50.0. The molecular weight excluding hydrogens is 702 g/mol. The third-order valence-electron chi connectivity index (χ3n) is 7.20. The van der Waals surface area contributed by atoms with Crippen LogP contribution in [0.5, 0.6) is 0 Å². The van der Waals surface area contributed by atoms with Gasteiger partial charge in [0.05, 0.1) is 106 Å². The van der Waals surface area contributed by atoms with Gasteiger partial charge in [-0.15, -0.1) is 0 Å². The van der Waals surface area contributed by atoms with E-state index in [1.807, 2.05) is 0 Å². The number of hydrogen-bond acceptors (Lipinski definition) is 14. The van der Waals surface area contributed by atoms with E-state index in [-0.39, 0.29) is 50.6 Å². The molecule has 8 N–H and O–H groups in total. The van der Waals surface area contributed by atoms with Gasteiger partial charge in [0.15, 0.2) is 0 Å². The molecule has 0 bridgehead atoms. The summed E-state index contributed by atoms with van der Waals surface area (Å²) in [6.07, 6.45) is 2.42. The second-order valence-corrected chi connectivity index (χ2v) is 11.6. The predicted molar refractivity (Wildman–Crippen MR) is 192 cm³/mol. The molecule has 4 amide bonds. The molecule has 0 aromatic rings. The molecule has 2 atom stereocenters. The lowest BCUT2D eigenvalue weighted by Crippen LogP contribution is -2.47. The fourth-order valence-electron chi connectivity index (χ4n) is 4.34. The molecule has 0 saturated heterocycles. The normalized spacial score (nSPS) is 12.3. The summed E-state index contributed by atoms with van der Waals surface area (Å²) in [5.74, 6) is -3.09. The lowest BCUT2D eigenvalue weighted by Gasteiger charge is -2.19. The average molecular weight is 768 g/mol. The van der Waals surface area contributed by atoms with Crippen LogP contribution in [-0.2, 0) is 61.9 Å². The minimum Gasteiger partial charge on any atom is -0.481 e. The lowest BCUT2D eigenvalue weighted by molar-refractivity contribution is -0.139. The Hall–Kier alpha value is -3.01. The molecule has 0 aromatic carbocycles. The van der Waals surface area contributed by atoms with Crippen molar-refractivity contribution in [1.82, 2.24) is 16.0 Å². The maximum Gasteiger partial charge on any atom is 0.303 e. The molecule has 0 unspecified atom stereocenters. The van der Waals surface area contributed by atoms with Crippen LogP contribution < -0.4 is 27.4 Å². The SMILES string of the molecule is COCCOCCOCCOCCOCCOCCOCCOCCC(=O)N[C@@H](CCCCN)C(=O)NCCCC[C@H](NC(=O)CCC(=O)O)C(N)=O. The summed E-state index contributed by atoms with van der Waals surface area (Å²) in [5, 5.41) is 16.7. The summed E-state index contributed by atoms with van der Waals surface area (Å²) < 4.78 is 42.9. The van der Waals surface area contributed by atoms with Crippen molar-refractivity contribution < 1.29 is 67.0 Å². The van der Waals surface area contributed by atoms with Crippen LogP contribution in [0.25, 0.3) is 0 Å². The second-order valence-electron chi connectivity index (χ2n) is 11.6. The first-order chi connectivity index (χ1) is 25.7. The minimum absolute atomic E-state index is 0.0699. The van der Waals surface area contributed by atoms with Gasteiger partial charge in [-0.3, -0.25) is 24.0 Å². The van der Waals surface area contributed by atoms with Crippen LogP contribution in [0, 0.1) is 0 Å². The van der Waals surface area contributed by atoms with Gasteiger partial charge in [-0.2, -0.15) is 0 Å². The smallest absolute Gasteiger partial charge is 0.303 e. The number of nitrogens with two attached hydrogens (primary N) is 2. The third-order valence-corrected chi connectivity index (χ3v) is 7.20. The largest absolute Gasteiger partial charge is 0.481 e. The molecule has 0 aliphatic heterocycles. The van der Waals surface area contributed by atoms with Crippen LogP contribution in [0.1, 0.15) is 57.8 Å². The number of hydrogen-bond donors (Lipinski definition) is 6. The lowest BCUT2D eigenvalue weighted by atomic mass is 10.1. The molecule has 0 spiro atoms. The van der Waals surface area contributed by atoms with Gasteiger partial charge in [0.2, 0.25) is 23.6 Å². The molecule has 0 radical (unpaired) electrons. The van der Waals surface area contributed by atoms with Crippen molar-refractivity contribution in [2.75, 3.05) is 119 Å². The van der Waals surface area contributed by atoms with Gasteiger partial charge in [-0.05, 0) is 45.1 Å².